The molecule has 0 bridgehead atoms. The Morgan fingerprint density at radius 2 is 2.42 bits per heavy atom. The Labute approximate surface area is 72.6 Å². The molecule has 1 aromatic heterocycles. The molecule has 0 aliphatic carbocycles. The van der Waals surface area contributed by atoms with E-state index in [-0.39, 0.29) is 0 Å². The Bertz CT molecular complexity index is 230. The average Bonchev–Trinajstić information content (AvgIpc) is 2.48. The Hall–Kier alpha value is -0.800. The van der Waals surface area contributed by atoms with Gasteiger partial charge in [-0.2, -0.15) is 0 Å². The van der Waals surface area contributed by atoms with Gasteiger partial charge >= 0.3 is 0 Å². The highest BCUT2D eigenvalue weighted by atomic mass is 16.5. The molecule has 1 heterocycles. The van der Waals surface area contributed by atoms with Crippen LogP contribution in [-0.2, 0) is 11.3 Å². The maximum atomic E-state index is 9.33. The number of aromatic nitrogens is 1. The zero-order valence-corrected chi connectivity index (χ0v) is 7.53. The highest BCUT2D eigenvalue weighted by Crippen LogP contribution is 2.12. The summed E-state index contributed by atoms with van der Waals surface area (Å²) in [4.78, 5) is 0. The van der Waals surface area contributed by atoms with E-state index < -0.39 is 6.10 Å². The molecule has 0 radical (unpaired) electrons. The second-order valence-corrected chi connectivity index (χ2v) is 2.80. The Morgan fingerprint density at radius 3 is 3.00 bits per heavy atom. The fourth-order valence-corrected chi connectivity index (χ4v) is 1.20. The molecule has 3 nitrogen and oxygen atoms in total. The summed E-state index contributed by atoms with van der Waals surface area (Å²) < 4.78 is 6.94. The van der Waals surface area contributed by atoms with Crippen LogP contribution in [0.3, 0.4) is 0 Å². The number of rotatable bonds is 4. The maximum Gasteiger partial charge on any atom is 0.0911 e. The molecule has 0 saturated carbocycles. The van der Waals surface area contributed by atoms with E-state index in [1.807, 2.05) is 22.9 Å². The molecular formula is C9H15NO2. The predicted molar refractivity (Wildman–Crippen MR) is 46.9 cm³/mol. The van der Waals surface area contributed by atoms with Gasteiger partial charge in [0.2, 0.25) is 0 Å². The van der Waals surface area contributed by atoms with Gasteiger partial charge in [0, 0.05) is 25.5 Å². The summed E-state index contributed by atoms with van der Waals surface area (Å²) in [5, 5.41) is 9.33. The monoisotopic (exact) mass is 169 g/mol. The summed E-state index contributed by atoms with van der Waals surface area (Å²) in [6.07, 6.45) is 1.54. The second-order valence-electron chi connectivity index (χ2n) is 2.80. The van der Waals surface area contributed by atoms with Crippen molar-refractivity contribution in [3.05, 3.63) is 24.0 Å². The Morgan fingerprint density at radius 1 is 1.67 bits per heavy atom. The quantitative estimate of drug-likeness (QED) is 0.734. The molecule has 0 aromatic carbocycles. The highest BCUT2D eigenvalue weighted by molar-refractivity contribution is 5.09. The number of methoxy groups -OCH3 is 1. The summed E-state index contributed by atoms with van der Waals surface area (Å²) in [5.74, 6) is 0. The van der Waals surface area contributed by atoms with Crippen molar-refractivity contribution in [3.8, 4) is 0 Å². The van der Waals surface area contributed by atoms with Crippen LogP contribution in [0.25, 0.3) is 0 Å². The van der Waals surface area contributed by atoms with Crippen LogP contribution < -0.4 is 0 Å². The minimum absolute atomic E-state index is 0.406. The number of aliphatic hydroxyl groups excluding tert-OH is 1. The lowest BCUT2D eigenvalue weighted by Crippen LogP contribution is -2.08. The van der Waals surface area contributed by atoms with Crippen molar-refractivity contribution < 1.29 is 9.84 Å². The third-order valence-corrected chi connectivity index (χ3v) is 1.83. The predicted octanol–water partition coefficient (Wildman–Crippen LogP) is 1.19. The molecule has 0 fully saturated rings. The first-order chi connectivity index (χ1) is 5.75. The fraction of sp³-hybridized carbons (Fsp3) is 0.556. The number of hydrogen-bond acceptors (Lipinski definition) is 2. The zero-order chi connectivity index (χ0) is 8.97. The van der Waals surface area contributed by atoms with Crippen LogP contribution in [0.15, 0.2) is 18.3 Å². The van der Waals surface area contributed by atoms with Crippen LogP contribution in [-0.4, -0.2) is 23.4 Å². The number of nitrogens with zero attached hydrogens (tertiary/aromatic N) is 1. The molecule has 1 N–H and O–H groups in total. The molecular weight excluding hydrogens is 154 g/mol. The van der Waals surface area contributed by atoms with Gasteiger partial charge in [-0.3, -0.25) is 0 Å². The summed E-state index contributed by atoms with van der Waals surface area (Å²) >= 11 is 0. The van der Waals surface area contributed by atoms with Gasteiger partial charge in [0.05, 0.1) is 12.7 Å². The molecule has 12 heavy (non-hydrogen) atoms. The molecule has 1 aromatic rings. The van der Waals surface area contributed by atoms with E-state index in [1.165, 1.54) is 0 Å². The van der Waals surface area contributed by atoms with E-state index in [0.717, 1.165) is 12.2 Å². The third-order valence-electron chi connectivity index (χ3n) is 1.83. The van der Waals surface area contributed by atoms with E-state index in [9.17, 15) is 5.11 Å². The standard InChI is InChI=1S/C9H15NO2/c1-8(11)9-4-3-5-10(9)6-7-12-2/h3-5,8,11H,6-7H2,1-2H3. The second kappa shape index (κ2) is 4.28. The van der Waals surface area contributed by atoms with Gasteiger partial charge in [-0.25, -0.2) is 0 Å². The van der Waals surface area contributed by atoms with Crippen LogP contribution in [0.5, 0.6) is 0 Å². The SMILES string of the molecule is COCCn1cccc1C(C)O. The van der Waals surface area contributed by atoms with Gasteiger partial charge in [-0.15, -0.1) is 0 Å². The summed E-state index contributed by atoms with van der Waals surface area (Å²) in [6, 6.07) is 3.85. The van der Waals surface area contributed by atoms with Gasteiger partial charge in [0.1, 0.15) is 0 Å². The molecule has 0 amide bonds. The van der Waals surface area contributed by atoms with Crippen LogP contribution in [0, 0.1) is 0 Å². The molecule has 68 valence electrons. The lowest BCUT2D eigenvalue weighted by molar-refractivity contribution is 0.169. The number of aliphatic hydroxyl groups is 1. The van der Waals surface area contributed by atoms with Crippen molar-refractivity contribution in [1.29, 1.82) is 0 Å². The highest BCUT2D eigenvalue weighted by Gasteiger charge is 2.05. The molecule has 1 rings (SSSR count). The van der Waals surface area contributed by atoms with Crippen molar-refractivity contribution in [2.24, 2.45) is 0 Å². The third kappa shape index (κ3) is 2.09. The van der Waals surface area contributed by atoms with Crippen LogP contribution >= 0.6 is 0 Å². The van der Waals surface area contributed by atoms with E-state index in [0.29, 0.717) is 6.61 Å². The van der Waals surface area contributed by atoms with Gasteiger partial charge < -0.3 is 14.4 Å². The lowest BCUT2D eigenvalue weighted by Gasteiger charge is -2.10. The normalized spacial score (nSPS) is 13.2. The minimum Gasteiger partial charge on any atom is -0.387 e. The molecule has 0 saturated heterocycles. The Balaban J connectivity index is 2.64. The van der Waals surface area contributed by atoms with Crippen molar-refractivity contribution in [1.82, 2.24) is 4.57 Å². The van der Waals surface area contributed by atoms with Crippen LogP contribution in [0.2, 0.25) is 0 Å². The van der Waals surface area contributed by atoms with Crippen LogP contribution in [0.4, 0.5) is 0 Å². The van der Waals surface area contributed by atoms with Crippen molar-refractivity contribution in [2.45, 2.75) is 19.6 Å². The molecule has 1 atom stereocenters. The number of ether oxygens (including phenoxy) is 1. The van der Waals surface area contributed by atoms with Crippen molar-refractivity contribution >= 4 is 0 Å². The smallest absolute Gasteiger partial charge is 0.0911 e. The van der Waals surface area contributed by atoms with E-state index in [4.69, 9.17) is 4.74 Å². The molecule has 0 aliphatic heterocycles. The summed E-state index contributed by atoms with van der Waals surface area (Å²) in [6.45, 7) is 3.23. The number of hydrogen-bond donors (Lipinski definition) is 1. The molecule has 0 aliphatic rings. The van der Waals surface area contributed by atoms with Crippen molar-refractivity contribution in [3.63, 3.8) is 0 Å². The Kier molecular flexibility index (Phi) is 3.31. The van der Waals surface area contributed by atoms with E-state index >= 15 is 0 Å². The van der Waals surface area contributed by atoms with Crippen LogP contribution in [0.1, 0.15) is 18.7 Å². The topological polar surface area (TPSA) is 34.4 Å². The van der Waals surface area contributed by atoms with Crippen molar-refractivity contribution in [2.75, 3.05) is 13.7 Å². The summed E-state index contributed by atoms with van der Waals surface area (Å²) in [7, 11) is 1.67. The molecule has 1 unspecified atom stereocenters. The largest absolute Gasteiger partial charge is 0.387 e. The maximum absolute atomic E-state index is 9.33. The first-order valence-corrected chi connectivity index (χ1v) is 4.07. The van der Waals surface area contributed by atoms with Gasteiger partial charge in [0.15, 0.2) is 0 Å². The van der Waals surface area contributed by atoms with Gasteiger partial charge in [-0.1, -0.05) is 0 Å². The average molecular weight is 169 g/mol. The van der Waals surface area contributed by atoms with E-state index in [1.54, 1.807) is 14.0 Å². The van der Waals surface area contributed by atoms with Gasteiger partial charge in [0.25, 0.3) is 0 Å². The first-order valence-electron chi connectivity index (χ1n) is 4.07. The first kappa shape index (κ1) is 9.29. The zero-order valence-electron chi connectivity index (χ0n) is 7.53. The van der Waals surface area contributed by atoms with Gasteiger partial charge in [-0.05, 0) is 19.1 Å². The lowest BCUT2D eigenvalue weighted by atomic mass is 10.3. The summed E-state index contributed by atoms with van der Waals surface area (Å²) in [5.41, 5.74) is 0.937. The van der Waals surface area contributed by atoms with E-state index in [2.05, 4.69) is 0 Å². The molecule has 3 heteroatoms. The minimum atomic E-state index is -0.406. The fourth-order valence-electron chi connectivity index (χ4n) is 1.20. The molecule has 0 spiro atoms.